The van der Waals surface area contributed by atoms with Crippen molar-refractivity contribution >= 4 is 5.69 Å². The normalized spacial score (nSPS) is 21.6. The van der Waals surface area contributed by atoms with Crippen LogP contribution in [0.1, 0.15) is 20.3 Å². The van der Waals surface area contributed by atoms with Crippen LogP contribution in [0.2, 0.25) is 0 Å². The van der Waals surface area contributed by atoms with Crippen LogP contribution in [-0.2, 0) is 0 Å². The highest BCUT2D eigenvalue weighted by molar-refractivity contribution is 5.46. The first-order chi connectivity index (χ1) is 8.16. The van der Waals surface area contributed by atoms with Crippen LogP contribution >= 0.6 is 0 Å². The molecule has 1 N–H and O–H groups in total. The van der Waals surface area contributed by atoms with Crippen LogP contribution in [0.4, 0.5) is 10.1 Å². The fourth-order valence-corrected chi connectivity index (χ4v) is 2.28. The Hall–Kier alpha value is -1.09. The summed E-state index contributed by atoms with van der Waals surface area (Å²) in [6.07, 6.45) is 1.14. The second kappa shape index (κ2) is 5.50. The van der Waals surface area contributed by atoms with Gasteiger partial charge in [0.2, 0.25) is 0 Å². The van der Waals surface area contributed by atoms with Crippen molar-refractivity contribution in [1.29, 1.82) is 0 Å². The van der Waals surface area contributed by atoms with Gasteiger partial charge in [-0.15, -0.1) is 0 Å². The van der Waals surface area contributed by atoms with Crippen LogP contribution in [0.25, 0.3) is 0 Å². The smallest absolute Gasteiger partial charge is 0.123 e. The average Bonchev–Trinajstić information content (AvgIpc) is 2.55. The van der Waals surface area contributed by atoms with Crippen molar-refractivity contribution in [3.8, 4) is 0 Å². The van der Waals surface area contributed by atoms with Gasteiger partial charge in [-0.05, 0) is 43.1 Å². The van der Waals surface area contributed by atoms with Crippen LogP contribution in [0.3, 0.4) is 0 Å². The fourth-order valence-electron chi connectivity index (χ4n) is 2.28. The Kier molecular flexibility index (Phi) is 4.00. The van der Waals surface area contributed by atoms with E-state index in [4.69, 9.17) is 0 Å². The number of hydrogen-bond acceptors (Lipinski definition) is 2. The largest absolute Gasteiger partial charge is 0.370 e. The van der Waals surface area contributed by atoms with Gasteiger partial charge in [0.1, 0.15) is 5.82 Å². The van der Waals surface area contributed by atoms with Crippen molar-refractivity contribution in [2.75, 3.05) is 24.5 Å². The first kappa shape index (κ1) is 12.4. The summed E-state index contributed by atoms with van der Waals surface area (Å²) >= 11 is 0. The monoisotopic (exact) mass is 236 g/mol. The molecule has 0 spiro atoms. The van der Waals surface area contributed by atoms with Crippen molar-refractivity contribution in [1.82, 2.24) is 5.32 Å². The molecular formula is C14H21FN2. The summed E-state index contributed by atoms with van der Waals surface area (Å²) in [5.41, 5.74) is 1.13. The second-order valence-corrected chi connectivity index (χ2v) is 5.08. The summed E-state index contributed by atoms with van der Waals surface area (Å²) in [5.74, 6) is 0.457. The van der Waals surface area contributed by atoms with Gasteiger partial charge in [-0.2, -0.15) is 0 Å². The third-order valence-electron chi connectivity index (χ3n) is 3.42. The molecule has 0 bridgehead atoms. The maximum Gasteiger partial charge on any atom is 0.123 e. The first-order valence-electron chi connectivity index (χ1n) is 6.40. The predicted octanol–water partition coefficient (Wildman–Crippen LogP) is 2.65. The predicted molar refractivity (Wildman–Crippen MR) is 69.9 cm³/mol. The molecule has 0 amide bonds. The molecule has 0 saturated carbocycles. The number of halogens is 1. The quantitative estimate of drug-likeness (QED) is 0.849. The molecule has 0 aliphatic carbocycles. The van der Waals surface area contributed by atoms with E-state index in [-0.39, 0.29) is 5.82 Å². The molecule has 1 aliphatic rings. The number of nitrogens with one attached hydrogen (secondary N) is 1. The summed E-state index contributed by atoms with van der Waals surface area (Å²) in [6.45, 7) is 7.60. The van der Waals surface area contributed by atoms with E-state index in [1.807, 2.05) is 12.1 Å². The van der Waals surface area contributed by atoms with Crippen LogP contribution in [0.5, 0.6) is 0 Å². The van der Waals surface area contributed by atoms with Gasteiger partial charge in [-0.25, -0.2) is 4.39 Å². The second-order valence-electron chi connectivity index (χ2n) is 5.08. The Morgan fingerprint density at radius 1 is 1.29 bits per heavy atom. The Labute approximate surface area is 103 Å². The number of benzene rings is 1. The fraction of sp³-hybridized carbons (Fsp3) is 0.571. The van der Waals surface area contributed by atoms with Gasteiger partial charge in [0.15, 0.2) is 0 Å². The molecule has 0 aromatic heterocycles. The summed E-state index contributed by atoms with van der Waals surface area (Å²) in [6, 6.07) is 7.34. The first-order valence-corrected chi connectivity index (χ1v) is 6.40. The molecular weight excluding hydrogens is 215 g/mol. The van der Waals surface area contributed by atoms with Crippen molar-refractivity contribution in [2.45, 2.75) is 26.3 Å². The van der Waals surface area contributed by atoms with Gasteiger partial charge in [-0.3, -0.25) is 0 Å². The molecule has 1 fully saturated rings. The lowest BCUT2D eigenvalue weighted by Crippen LogP contribution is -2.41. The van der Waals surface area contributed by atoms with Crippen molar-refractivity contribution in [3.05, 3.63) is 30.1 Å². The SMILES string of the molecule is CC(C)C1CN(c2ccc(F)cc2)CCCN1. The Morgan fingerprint density at radius 3 is 2.65 bits per heavy atom. The van der Waals surface area contributed by atoms with E-state index in [0.717, 1.165) is 31.7 Å². The van der Waals surface area contributed by atoms with Crippen molar-refractivity contribution in [3.63, 3.8) is 0 Å². The number of hydrogen-bond donors (Lipinski definition) is 1. The van der Waals surface area contributed by atoms with E-state index in [1.165, 1.54) is 12.1 Å². The molecule has 1 atom stereocenters. The van der Waals surface area contributed by atoms with Gasteiger partial charge in [0.25, 0.3) is 0 Å². The molecule has 3 heteroatoms. The molecule has 0 radical (unpaired) electrons. The van der Waals surface area contributed by atoms with Crippen LogP contribution in [0, 0.1) is 11.7 Å². The van der Waals surface area contributed by atoms with Crippen LogP contribution in [-0.4, -0.2) is 25.7 Å². The zero-order valence-electron chi connectivity index (χ0n) is 10.6. The average molecular weight is 236 g/mol. The van der Waals surface area contributed by atoms with E-state index < -0.39 is 0 Å². The summed E-state index contributed by atoms with van der Waals surface area (Å²) in [7, 11) is 0. The minimum absolute atomic E-state index is 0.165. The molecule has 1 aromatic carbocycles. The van der Waals surface area contributed by atoms with Gasteiger partial charge < -0.3 is 10.2 Å². The van der Waals surface area contributed by atoms with Gasteiger partial charge in [0, 0.05) is 24.8 Å². The third-order valence-corrected chi connectivity index (χ3v) is 3.42. The minimum Gasteiger partial charge on any atom is -0.370 e. The summed E-state index contributed by atoms with van der Waals surface area (Å²) in [5, 5.41) is 3.58. The Balaban J connectivity index is 2.10. The molecule has 1 saturated heterocycles. The minimum atomic E-state index is -0.165. The topological polar surface area (TPSA) is 15.3 Å². The molecule has 1 unspecified atom stereocenters. The van der Waals surface area contributed by atoms with Crippen molar-refractivity contribution in [2.24, 2.45) is 5.92 Å². The molecule has 1 heterocycles. The lowest BCUT2D eigenvalue weighted by molar-refractivity contribution is 0.420. The van der Waals surface area contributed by atoms with Crippen LogP contribution < -0.4 is 10.2 Å². The maximum absolute atomic E-state index is 12.9. The van der Waals surface area contributed by atoms with E-state index in [2.05, 4.69) is 24.1 Å². The molecule has 2 nitrogen and oxygen atoms in total. The van der Waals surface area contributed by atoms with E-state index in [9.17, 15) is 4.39 Å². The van der Waals surface area contributed by atoms with Crippen LogP contribution in [0.15, 0.2) is 24.3 Å². The van der Waals surface area contributed by atoms with E-state index >= 15 is 0 Å². The molecule has 1 aromatic rings. The van der Waals surface area contributed by atoms with Gasteiger partial charge in [0.05, 0.1) is 0 Å². The van der Waals surface area contributed by atoms with E-state index in [0.29, 0.717) is 12.0 Å². The maximum atomic E-state index is 12.9. The highest BCUT2D eigenvalue weighted by Crippen LogP contribution is 2.18. The molecule has 1 aliphatic heterocycles. The van der Waals surface area contributed by atoms with E-state index in [1.54, 1.807) is 0 Å². The number of rotatable bonds is 2. The molecule has 17 heavy (non-hydrogen) atoms. The molecule has 94 valence electrons. The van der Waals surface area contributed by atoms with Crippen molar-refractivity contribution < 1.29 is 4.39 Å². The number of anilines is 1. The zero-order valence-corrected chi connectivity index (χ0v) is 10.6. The molecule has 2 rings (SSSR count). The number of nitrogens with zero attached hydrogens (tertiary/aromatic N) is 1. The standard InChI is InChI=1S/C14H21FN2/c1-11(2)14-10-17(9-3-8-16-14)13-6-4-12(15)5-7-13/h4-7,11,14,16H,3,8-10H2,1-2H3. The Bertz CT molecular complexity index is 348. The zero-order chi connectivity index (χ0) is 12.3. The lowest BCUT2D eigenvalue weighted by Gasteiger charge is -2.28. The highest BCUT2D eigenvalue weighted by Gasteiger charge is 2.20. The summed E-state index contributed by atoms with van der Waals surface area (Å²) < 4.78 is 12.9. The highest BCUT2D eigenvalue weighted by atomic mass is 19.1. The van der Waals surface area contributed by atoms with Gasteiger partial charge in [-0.1, -0.05) is 13.8 Å². The van der Waals surface area contributed by atoms with Gasteiger partial charge >= 0.3 is 0 Å². The lowest BCUT2D eigenvalue weighted by atomic mass is 10.0. The summed E-state index contributed by atoms with van der Waals surface area (Å²) in [4.78, 5) is 2.35. The Morgan fingerprint density at radius 2 is 2.00 bits per heavy atom. The third kappa shape index (κ3) is 3.19.